The number of hydrogen-bond acceptors (Lipinski definition) is 7. The quantitative estimate of drug-likeness (QED) is 0.216. The normalized spacial score (nSPS) is 16.9. The van der Waals surface area contributed by atoms with Crippen LogP contribution < -0.4 is 0 Å². The second-order valence-electron chi connectivity index (χ2n) is 10.1. The zero-order valence-corrected chi connectivity index (χ0v) is 24.5. The molecule has 1 saturated heterocycles. The van der Waals surface area contributed by atoms with E-state index in [0.29, 0.717) is 36.6 Å². The highest BCUT2D eigenvalue weighted by Crippen LogP contribution is 2.37. The van der Waals surface area contributed by atoms with E-state index in [-0.39, 0.29) is 34.5 Å². The number of ether oxygens (including phenoxy) is 1. The summed E-state index contributed by atoms with van der Waals surface area (Å²) >= 11 is 0.989. The summed E-state index contributed by atoms with van der Waals surface area (Å²) in [6, 6.07) is 8.41. The number of nitrogens with zero attached hydrogens (tertiary/aromatic N) is 5. The van der Waals surface area contributed by atoms with Gasteiger partial charge in [0.05, 0.1) is 41.0 Å². The van der Waals surface area contributed by atoms with Crippen molar-refractivity contribution >= 4 is 21.4 Å². The summed E-state index contributed by atoms with van der Waals surface area (Å²) < 4.78 is 88.0. The van der Waals surface area contributed by atoms with Crippen molar-refractivity contribution in [2.24, 2.45) is 5.92 Å². The molecule has 1 aliphatic heterocycles. The van der Waals surface area contributed by atoms with E-state index in [9.17, 15) is 26.0 Å². The largest absolute Gasteiger partial charge is 0.417 e. The van der Waals surface area contributed by atoms with Gasteiger partial charge in [-0.1, -0.05) is 12.1 Å². The maximum atomic E-state index is 13.4. The van der Waals surface area contributed by atoms with E-state index >= 15 is 0 Å². The topological polar surface area (TPSA) is 90.2 Å². The van der Waals surface area contributed by atoms with Gasteiger partial charge in [-0.25, -0.2) is 22.8 Å². The van der Waals surface area contributed by atoms with E-state index in [0.717, 1.165) is 34.9 Å². The number of hydrogen-bond donors (Lipinski definition) is 0. The first-order valence-corrected chi connectivity index (χ1v) is 15.5. The number of halogens is 4. The first-order valence-electron chi connectivity index (χ1n) is 13.2. The smallest absolute Gasteiger partial charge is 0.375 e. The number of piperidine rings is 1. The van der Waals surface area contributed by atoms with E-state index < -0.39 is 21.8 Å². The highest BCUT2D eigenvalue weighted by Gasteiger charge is 2.36. The number of rotatable bonds is 9. The highest BCUT2D eigenvalue weighted by atomic mass is 32.2. The van der Waals surface area contributed by atoms with Gasteiger partial charge in [0.2, 0.25) is 0 Å². The van der Waals surface area contributed by atoms with Crippen LogP contribution in [0.1, 0.15) is 59.4 Å². The zero-order chi connectivity index (χ0) is 30.1. The Morgan fingerprint density at radius 3 is 2.38 bits per heavy atom. The van der Waals surface area contributed by atoms with Crippen LogP contribution in [0, 0.1) is 11.7 Å². The lowest BCUT2D eigenvalue weighted by Crippen LogP contribution is -2.40. The van der Waals surface area contributed by atoms with E-state index in [4.69, 9.17) is 4.74 Å². The van der Waals surface area contributed by atoms with Crippen molar-refractivity contribution in [1.29, 1.82) is 0 Å². The summed E-state index contributed by atoms with van der Waals surface area (Å²) in [5, 5.41) is 0.443. The molecule has 0 spiro atoms. The van der Waals surface area contributed by atoms with E-state index in [1.165, 1.54) is 28.7 Å². The fourth-order valence-corrected chi connectivity index (χ4v) is 8.03. The molecule has 1 unspecified atom stereocenters. The Labute approximate surface area is 245 Å². The van der Waals surface area contributed by atoms with Crippen molar-refractivity contribution in [2.45, 2.75) is 48.7 Å². The molecule has 0 radical (unpaired) electrons. The molecule has 0 aliphatic carbocycles. The maximum absolute atomic E-state index is 13.4. The molecule has 0 amide bonds. The Balaban J connectivity index is 1.23. The second kappa shape index (κ2) is 12.2. The van der Waals surface area contributed by atoms with Crippen molar-refractivity contribution in [2.75, 3.05) is 20.2 Å². The number of alkyl halides is 3. The van der Waals surface area contributed by atoms with Gasteiger partial charge < -0.3 is 9.30 Å². The monoisotopic (exact) mass is 623 g/mol. The number of imidazole rings is 1. The average molecular weight is 624 g/mol. The lowest BCUT2D eigenvalue weighted by Gasteiger charge is -2.35. The van der Waals surface area contributed by atoms with Crippen LogP contribution in [0.25, 0.3) is 0 Å². The number of benzene rings is 1. The van der Waals surface area contributed by atoms with Gasteiger partial charge in [-0.15, -0.1) is 11.3 Å². The van der Waals surface area contributed by atoms with Gasteiger partial charge in [0.25, 0.3) is 10.0 Å². The van der Waals surface area contributed by atoms with Crippen molar-refractivity contribution in [3.8, 4) is 0 Å². The van der Waals surface area contributed by atoms with Crippen LogP contribution in [-0.2, 0) is 27.4 Å². The standard InChI is InChI=1S/C28H29F4N5O3S2/c1-18(19-3-6-22(29)7-4-19)37-17-33-15-24(37)27(40-2)20-9-11-36(12-10-20)42(38,39)26-16-35-25(41-26)13-23-8-5-21(14-34-23)28(30,31)32/h3-8,14-18,20,27H,9-13H2,1-2H3/t18-,27?/m1/s1. The summed E-state index contributed by atoms with van der Waals surface area (Å²) in [6.45, 7) is 2.58. The van der Waals surface area contributed by atoms with Crippen molar-refractivity contribution in [3.63, 3.8) is 0 Å². The molecule has 3 aromatic heterocycles. The zero-order valence-electron chi connectivity index (χ0n) is 22.8. The molecule has 1 aromatic carbocycles. The summed E-state index contributed by atoms with van der Waals surface area (Å²) in [5.41, 5.74) is 1.30. The lowest BCUT2D eigenvalue weighted by molar-refractivity contribution is -0.137. The van der Waals surface area contributed by atoms with Crippen LogP contribution in [-0.4, -0.2) is 52.4 Å². The number of aromatic nitrogens is 4. The fourth-order valence-electron chi connectivity index (χ4n) is 5.21. The molecule has 42 heavy (non-hydrogen) atoms. The summed E-state index contributed by atoms with van der Waals surface area (Å²) in [5.74, 6) is -0.265. The minimum Gasteiger partial charge on any atom is -0.375 e. The molecule has 0 bridgehead atoms. The molecule has 5 rings (SSSR count). The summed E-state index contributed by atoms with van der Waals surface area (Å²) in [7, 11) is -2.18. The Bertz CT molecular complexity index is 1600. The number of methoxy groups -OCH3 is 1. The van der Waals surface area contributed by atoms with Gasteiger partial charge in [0, 0.05) is 38.5 Å². The molecular weight excluding hydrogens is 594 g/mol. The molecular formula is C28H29F4N5O3S2. The van der Waals surface area contributed by atoms with Crippen LogP contribution >= 0.6 is 11.3 Å². The molecule has 14 heteroatoms. The lowest BCUT2D eigenvalue weighted by atomic mass is 9.90. The van der Waals surface area contributed by atoms with Gasteiger partial charge >= 0.3 is 6.18 Å². The Kier molecular flexibility index (Phi) is 8.78. The fraction of sp³-hybridized carbons (Fsp3) is 0.393. The van der Waals surface area contributed by atoms with E-state index in [2.05, 4.69) is 15.0 Å². The van der Waals surface area contributed by atoms with Gasteiger partial charge in [-0.3, -0.25) is 4.98 Å². The van der Waals surface area contributed by atoms with Crippen molar-refractivity contribution < 1.29 is 30.7 Å². The first kappa shape index (κ1) is 30.3. The van der Waals surface area contributed by atoms with Crippen LogP contribution in [0.2, 0.25) is 0 Å². The Morgan fingerprint density at radius 2 is 1.76 bits per heavy atom. The third kappa shape index (κ3) is 6.41. The average Bonchev–Trinajstić information content (AvgIpc) is 3.64. The van der Waals surface area contributed by atoms with Gasteiger partial charge in [-0.05, 0) is 55.5 Å². The second-order valence-corrected chi connectivity index (χ2v) is 13.4. The first-order chi connectivity index (χ1) is 20.0. The van der Waals surface area contributed by atoms with Crippen LogP contribution in [0.5, 0.6) is 0 Å². The van der Waals surface area contributed by atoms with Crippen LogP contribution in [0.3, 0.4) is 0 Å². The molecule has 0 saturated carbocycles. The molecule has 0 N–H and O–H groups in total. The maximum Gasteiger partial charge on any atom is 0.417 e. The summed E-state index contributed by atoms with van der Waals surface area (Å²) in [4.78, 5) is 12.4. The minimum atomic E-state index is -4.48. The van der Waals surface area contributed by atoms with Crippen molar-refractivity contribution in [3.05, 3.63) is 94.7 Å². The third-order valence-corrected chi connectivity index (χ3v) is 10.9. The predicted octanol–water partition coefficient (Wildman–Crippen LogP) is 5.88. The SMILES string of the molecule is COC(c1cncn1[C@H](C)c1ccc(F)cc1)C1CCN(S(=O)(=O)c2cnc(Cc3ccc(C(F)(F)F)cn3)s2)CC1. The van der Waals surface area contributed by atoms with Gasteiger partial charge in [0.15, 0.2) is 4.21 Å². The molecule has 224 valence electrons. The Hall–Kier alpha value is -3.20. The van der Waals surface area contributed by atoms with Crippen molar-refractivity contribution in [1.82, 2.24) is 23.8 Å². The predicted molar refractivity (Wildman–Crippen MR) is 148 cm³/mol. The number of sulfonamides is 1. The molecule has 1 fully saturated rings. The van der Waals surface area contributed by atoms with Gasteiger partial charge in [0.1, 0.15) is 11.9 Å². The molecule has 4 heterocycles. The molecule has 1 aliphatic rings. The van der Waals surface area contributed by atoms with Gasteiger partial charge in [-0.2, -0.15) is 17.5 Å². The third-order valence-electron chi connectivity index (χ3n) is 7.55. The van der Waals surface area contributed by atoms with Crippen LogP contribution in [0.4, 0.5) is 17.6 Å². The van der Waals surface area contributed by atoms with E-state index in [1.54, 1.807) is 31.8 Å². The van der Waals surface area contributed by atoms with E-state index in [1.807, 2.05) is 11.5 Å². The number of thiazole rings is 1. The summed E-state index contributed by atoms with van der Waals surface area (Å²) in [6.07, 6.45) is 1.98. The molecule has 8 nitrogen and oxygen atoms in total. The molecule has 4 aromatic rings. The minimum absolute atomic E-state index is 0.0417. The van der Waals surface area contributed by atoms with Crippen LogP contribution in [0.15, 0.2) is 65.5 Å². The number of pyridine rings is 1. The highest BCUT2D eigenvalue weighted by molar-refractivity contribution is 7.91. The molecule has 2 atom stereocenters. The Morgan fingerprint density at radius 1 is 1.05 bits per heavy atom.